The summed E-state index contributed by atoms with van der Waals surface area (Å²) in [4.78, 5) is 23.9. The van der Waals surface area contributed by atoms with Crippen LogP contribution in [-0.2, 0) is 0 Å². The molecule has 6 nitrogen and oxygen atoms in total. The summed E-state index contributed by atoms with van der Waals surface area (Å²) in [6, 6.07) is 2.82. The van der Waals surface area contributed by atoms with E-state index in [2.05, 4.69) is 0 Å². The fourth-order valence-electron chi connectivity index (χ4n) is 2.37. The second kappa shape index (κ2) is 5.20. The molecule has 0 aliphatic carbocycles. The second-order valence-corrected chi connectivity index (χ2v) is 4.45. The average molecular weight is 252 g/mol. The molecule has 18 heavy (non-hydrogen) atoms. The average Bonchev–Trinajstić information content (AvgIpc) is 2.87. The number of rotatable bonds is 3. The molecule has 0 N–H and O–H groups in total. The Bertz CT molecular complexity index is 455. The Morgan fingerprint density at radius 2 is 2.33 bits per heavy atom. The smallest absolute Gasteiger partial charge is 0.395 e. The van der Waals surface area contributed by atoms with E-state index in [0.717, 1.165) is 25.7 Å². The van der Waals surface area contributed by atoms with Crippen LogP contribution in [0.1, 0.15) is 43.2 Å². The highest BCUT2D eigenvalue weighted by atomic mass is 16.6. The number of hydrogen-bond acceptors (Lipinski definition) is 4. The molecule has 0 radical (unpaired) electrons. The van der Waals surface area contributed by atoms with Crippen molar-refractivity contribution in [2.75, 3.05) is 6.54 Å². The standard InChI is InChI=1S/C12H16N2O4/c1-2-9-5-3-4-8-13(9)12(15)10-6-7-11(18-10)14(16)17/h6-7,9H,2-5,8H2,1H3/t9-/m0/s1. The van der Waals surface area contributed by atoms with E-state index < -0.39 is 4.92 Å². The summed E-state index contributed by atoms with van der Waals surface area (Å²) in [7, 11) is 0. The lowest BCUT2D eigenvalue weighted by molar-refractivity contribution is -0.402. The highest BCUT2D eigenvalue weighted by Crippen LogP contribution is 2.24. The van der Waals surface area contributed by atoms with Gasteiger partial charge < -0.3 is 9.32 Å². The van der Waals surface area contributed by atoms with Crippen LogP contribution in [0.4, 0.5) is 5.88 Å². The molecule has 0 aromatic carbocycles. The Balaban J connectivity index is 2.15. The van der Waals surface area contributed by atoms with Gasteiger partial charge in [-0.3, -0.25) is 14.9 Å². The van der Waals surface area contributed by atoms with Gasteiger partial charge in [0.05, 0.1) is 6.07 Å². The Morgan fingerprint density at radius 3 is 2.94 bits per heavy atom. The minimum Gasteiger partial charge on any atom is -0.395 e. The summed E-state index contributed by atoms with van der Waals surface area (Å²) in [5.74, 6) is -0.569. The maximum atomic E-state index is 12.2. The topological polar surface area (TPSA) is 76.6 Å². The van der Waals surface area contributed by atoms with Crippen LogP contribution < -0.4 is 0 Å². The van der Waals surface area contributed by atoms with Crippen LogP contribution in [0.3, 0.4) is 0 Å². The molecule has 1 aromatic heterocycles. The van der Waals surface area contributed by atoms with Gasteiger partial charge in [0.2, 0.25) is 0 Å². The normalized spacial score (nSPS) is 19.8. The van der Waals surface area contributed by atoms with Gasteiger partial charge >= 0.3 is 5.88 Å². The molecule has 6 heteroatoms. The predicted molar refractivity (Wildman–Crippen MR) is 64.3 cm³/mol. The summed E-state index contributed by atoms with van der Waals surface area (Å²) in [6.07, 6.45) is 3.99. The van der Waals surface area contributed by atoms with E-state index in [1.165, 1.54) is 12.1 Å². The first kappa shape index (κ1) is 12.6. The zero-order valence-electron chi connectivity index (χ0n) is 10.3. The van der Waals surface area contributed by atoms with Gasteiger partial charge in [0.15, 0.2) is 5.76 Å². The van der Waals surface area contributed by atoms with Gasteiger partial charge in [-0.25, -0.2) is 0 Å². The zero-order chi connectivity index (χ0) is 13.1. The van der Waals surface area contributed by atoms with Gasteiger partial charge in [0.25, 0.3) is 5.91 Å². The number of carbonyl (C=O) groups is 1. The quantitative estimate of drug-likeness (QED) is 0.612. The van der Waals surface area contributed by atoms with Crippen LogP contribution in [0.15, 0.2) is 16.5 Å². The summed E-state index contributed by atoms with van der Waals surface area (Å²) >= 11 is 0. The monoisotopic (exact) mass is 252 g/mol. The van der Waals surface area contributed by atoms with Crippen molar-refractivity contribution in [3.8, 4) is 0 Å². The first-order chi connectivity index (χ1) is 8.63. The number of amides is 1. The number of nitrogens with zero attached hydrogens (tertiary/aromatic N) is 2. The number of nitro groups is 1. The lowest BCUT2D eigenvalue weighted by atomic mass is 10.00. The third kappa shape index (κ3) is 2.37. The largest absolute Gasteiger partial charge is 0.433 e. The maximum Gasteiger partial charge on any atom is 0.433 e. The zero-order valence-corrected chi connectivity index (χ0v) is 10.3. The van der Waals surface area contributed by atoms with E-state index in [0.29, 0.717) is 6.54 Å². The molecular weight excluding hydrogens is 236 g/mol. The van der Waals surface area contributed by atoms with Crippen molar-refractivity contribution in [3.63, 3.8) is 0 Å². The van der Waals surface area contributed by atoms with E-state index in [1.807, 2.05) is 6.92 Å². The molecule has 1 aliphatic rings. The van der Waals surface area contributed by atoms with Gasteiger partial charge in [0, 0.05) is 12.6 Å². The van der Waals surface area contributed by atoms with Gasteiger partial charge in [-0.05, 0) is 31.7 Å². The molecule has 2 heterocycles. The lowest BCUT2D eigenvalue weighted by Gasteiger charge is -2.34. The van der Waals surface area contributed by atoms with Crippen molar-refractivity contribution in [1.29, 1.82) is 0 Å². The van der Waals surface area contributed by atoms with Gasteiger partial charge in [0.1, 0.15) is 4.92 Å². The first-order valence-electron chi connectivity index (χ1n) is 6.18. The van der Waals surface area contributed by atoms with Crippen LogP contribution in [0.25, 0.3) is 0 Å². The Morgan fingerprint density at radius 1 is 1.56 bits per heavy atom. The van der Waals surface area contributed by atoms with E-state index >= 15 is 0 Å². The van der Waals surface area contributed by atoms with Gasteiger partial charge in [-0.15, -0.1) is 0 Å². The van der Waals surface area contributed by atoms with Crippen molar-refractivity contribution < 1.29 is 14.1 Å². The SMILES string of the molecule is CC[C@H]1CCCCN1C(=O)c1ccc([N+](=O)[O-])o1. The van der Waals surface area contributed by atoms with Crippen molar-refractivity contribution in [2.24, 2.45) is 0 Å². The van der Waals surface area contributed by atoms with Crippen molar-refractivity contribution in [1.82, 2.24) is 4.90 Å². The van der Waals surface area contributed by atoms with E-state index in [9.17, 15) is 14.9 Å². The fourth-order valence-corrected chi connectivity index (χ4v) is 2.37. The molecule has 0 spiro atoms. The molecule has 1 atom stereocenters. The van der Waals surface area contributed by atoms with Gasteiger partial charge in [-0.1, -0.05) is 6.92 Å². The molecule has 1 fully saturated rings. The summed E-state index contributed by atoms with van der Waals surface area (Å²) in [5.41, 5.74) is 0. The highest BCUT2D eigenvalue weighted by Gasteiger charge is 2.29. The summed E-state index contributed by atoms with van der Waals surface area (Å²) < 4.78 is 4.96. The van der Waals surface area contributed by atoms with Crippen LogP contribution in [0, 0.1) is 10.1 Å². The van der Waals surface area contributed by atoms with E-state index in [1.54, 1.807) is 4.90 Å². The highest BCUT2D eigenvalue weighted by molar-refractivity contribution is 5.92. The third-order valence-electron chi connectivity index (χ3n) is 3.34. The number of piperidine rings is 1. The number of likely N-dealkylation sites (tertiary alicyclic amines) is 1. The fraction of sp³-hybridized carbons (Fsp3) is 0.583. The molecule has 1 aromatic rings. The summed E-state index contributed by atoms with van der Waals surface area (Å²) in [5, 5.41) is 10.5. The molecule has 0 unspecified atom stereocenters. The van der Waals surface area contributed by atoms with E-state index in [-0.39, 0.29) is 23.6 Å². The lowest BCUT2D eigenvalue weighted by Crippen LogP contribution is -2.43. The van der Waals surface area contributed by atoms with Crippen molar-refractivity contribution in [2.45, 2.75) is 38.6 Å². The van der Waals surface area contributed by atoms with Crippen LogP contribution in [0.2, 0.25) is 0 Å². The first-order valence-corrected chi connectivity index (χ1v) is 6.18. The number of furan rings is 1. The minimum atomic E-state index is -0.635. The molecule has 2 rings (SSSR count). The molecular formula is C12H16N2O4. The van der Waals surface area contributed by atoms with E-state index in [4.69, 9.17) is 4.42 Å². The molecule has 98 valence electrons. The molecule has 0 saturated carbocycles. The van der Waals surface area contributed by atoms with Gasteiger partial charge in [-0.2, -0.15) is 0 Å². The Labute approximate surface area is 105 Å². The maximum absolute atomic E-state index is 12.2. The Kier molecular flexibility index (Phi) is 3.64. The van der Waals surface area contributed by atoms with Crippen molar-refractivity contribution in [3.05, 3.63) is 28.0 Å². The summed E-state index contributed by atoms with van der Waals surface area (Å²) in [6.45, 7) is 2.74. The number of carbonyl (C=O) groups excluding carboxylic acids is 1. The molecule has 1 aliphatic heterocycles. The molecule has 1 saturated heterocycles. The third-order valence-corrected chi connectivity index (χ3v) is 3.34. The van der Waals surface area contributed by atoms with Crippen LogP contribution in [-0.4, -0.2) is 28.3 Å². The Hall–Kier alpha value is -1.85. The number of hydrogen-bond donors (Lipinski definition) is 0. The second-order valence-electron chi connectivity index (χ2n) is 4.45. The minimum absolute atomic E-state index is 0.0575. The van der Waals surface area contributed by atoms with Crippen LogP contribution >= 0.6 is 0 Å². The van der Waals surface area contributed by atoms with Crippen LogP contribution in [0.5, 0.6) is 0 Å². The predicted octanol–water partition coefficient (Wildman–Crippen LogP) is 2.59. The van der Waals surface area contributed by atoms with Crippen molar-refractivity contribution >= 4 is 11.8 Å². The molecule has 1 amide bonds. The molecule has 0 bridgehead atoms.